The number of nitrogens with zero attached hydrogens (tertiary/aromatic N) is 3. The summed E-state index contributed by atoms with van der Waals surface area (Å²) < 4.78 is 31.4. The van der Waals surface area contributed by atoms with Crippen molar-refractivity contribution < 1.29 is 17.7 Å². The first kappa shape index (κ1) is 16.6. The molecule has 1 N–H and O–H groups in total. The quantitative estimate of drug-likeness (QED) is 0.872. The maximum absolute atomic E-state index is 12.5. The van der Waals surface area contributed by atoms with E-state index < -0.39 is 10.0 Å². The van der Waals surface area contributed by atoms with Gasteiger partial charge in [0.15, 0.2) is 5.82 Å². The number of hydrogen-bond donors (Lipinski definition) is 1. The van der Waals surface area contributed by atoms with Crippen molar-refractivity contribution in [3.05, 3.63) is 36.0 Å². The number of carbonyl (C=O) groups excluding carboxylic acids is 1. The Hall–Kier alpha value is -2.26. The molecule has 0 unspecified atom stereocenters. The minimum atomic E-state index is -3.51. The van der Waals surface area contributed by atoms with Crippen molar-refractivity contribution in [3.63, 3.8) is 0 Å². The maximum Gasteiger partial charge on any atom is 0.243 e. The Kier molecular flexibility index (Phi) is 4.63. The Bertz CT molecular complexity index is 841. The van der Waals surface area contributed by atoms with Crippen molar-refractivity contribution in [2.45, 2.75) is 31.1 Å². The third-order valence-electron chi connectivity index (χ3n) is 3.71. The Morgan fingerprint density at radius 2 is 2.08 bits per heavy atom. The van der Waals surface area contributed by atoms with Crippen LogP contribution < -0.4 is 5.32 Å². The molecule has 0 radical (unpaired) electrons. The van der Waals surface area contributed by atoms with Crippen LogP contribution in [0.5, 0.6) is 0 Å². The topological polar surface area (TPSA) is 105 Å². The molecule has 0 atom stereocenters. The molecule has 0 spiro atoms. The molecule has 2 heterocycles. The number of rotatable bonds is 5. The second-order valence-corrected chi connectivity index (χ2v) is 7.53. The van der Waals surface area contributed by atoms with Crippen LogP contribution >= 0.6 is 0 Å². The van der Waals surface area contributed by atoms with Crippen molar-refractivity contribution in [1.82, 2.24) is 14.4 Å². The van der Waals surface area contributed by atoms with Gasteiger partial charge in [-0.1, -0.05) is 11.2 Å². The van der Waals surface area contributed by atoms with Crippen LogP contribution in [0.2, 0.25) is 0 Å². The molecule has 9 heteroatoms. The summed E-state index contributed by atoms with van der Waals surface area (Å²) in [5.41, 5.74) is 0.417. The highest BCUT2D eigenvalue weighted by molar-refractivity contribution is 7.89. The zero-order valence-electron chi connectivity index (χ0n) is 13.2. The van der Waals surface area contributed by atoms with E-state index in [2.05, 4.69) is 15.5 Å². The Labute approximate surface area is 139 Å². The standard InChI is InChI=1S/C15H18N4O4S/c1-11-16-14(18-23-11)10-15(20)17-12-5-4-6-13(9-12)24(21,22)19-7-2-3-8-19/h4-6,9H,2-3,7-8,10H2,1H3,(H,17,20). The van der Waals surface area contributed by atoms with E-state index in [1.54, 1.807) is 19.1 Å². The van der Waals surface area contributed by atoms with Gasteiger partial charge in [0.05, 0.1) is 11.3 Å². The number of amides is 1. The highest BCUT2D eigenvalue weighted by Crippen LogP contribution is 2.23. The predicted molar refractivity (Wildman–Crippen MR) is 85.8 cm³/mol. The monoisotopic (exact) mass is 350 g/mol. The molecule has 0 aliphatic carbocycles. The van der Waals surface area contributed by atoms with Gasteiger partial charge in [-0.15, -0.1) is 0 Å². The van der Waals surface area contributed by atoms with Crippen LogP contribution in [0.1, 0.15) is 24.6 Å². The number of hydrogen-bond acceptors (Lipinski definition) is 6. The fourth-order valence-electron chi connectivity index (χ4n) is 2.57. The van der Waals surface area contributed by atoms with Gasteiger partial charge in [-0.05, 0) is 31.0 Å². The van der Waals surface area contributed by atoms with E-state index in [0.29, 0.717) is 24.7 Å². The van der Waals surface area contributed by atoms with Crippen LogP contribution in [0.25, 0.3) is 0 Å². The van der Waals surface area contributed by atoms with Crippen LogP contribution in [0.3, 0.4) is 0 Å². The molecular formula is C15H18N4O4S. The zero-order chi connectivity index (χ0) is 17.2. The molecule has 3 rings (SSSR count). The Balaban J connectivity index is 1.72. The average molecular weight is 350 g/mol. The van der Waals surface area contributed by atoms with Crippen molar-refractivity contribution in [3.8, 4) is 0 Å². The number of carbonyl (C=O) groups is 1. The van der Waals surface area contributed by atoms with E-state index >= 15 is 0 Å². The van der Waals surface area contributed by atoms with E-state index in [-0.39, 0.29) is 23.0 Å². The molecule has 1 aliphatic heterocycles. The highest BCUT2D eigenvalue weighted by Gasteiger charge is 2.27. The maximum atomic E-state index is 12.5. The molecule has 24 heavy (non-hydrogen) atoms. The zero-order valence-corrected chi connectivity index (χ0v) is 14.0. The van der Waals surface area contributed by atoms with Gasteiger partial charge < -0.3 is 9.84 Å². The molecule has 0 saturated carbocycles. The van der Waals surface area contributed by atoms with E-state index in [9.17, 15) is 13.2 Å². The van der Waals surface area contributed by atoms with Crippen molar-refractivity contribution >= 4 is 21.6 Å². The third kappa shape index (κ3) is 3.62. The molecule has 1 aromatic carbocycles. The summed E-state index contributed by atoms with van der Waals surface area (Å²) in [6.45, 7) is 2.72. The van der Waals surface area contributed by atoms with E-state index in [1.807, 2.05) is 0 Å². The first-order valence-corrected chi connectivity index (χ1v) is 9.08. The smallest absolute Gasteiger partial charge is 0.243 e. The van der Waals surface area contributed by atoms with Gasteiger partial charge in [0.25, 0.3) is 0 Å². The van der Waals surface area contributed by atoms with Crippen molar-refractivity contribution in [2.75, 3.05) is 18.4 Å². The van der Waals surface area contributed by atoms with Gasteiger partial charge in [0.1, 0.15) is 0 Å². The Morgan fingerprint density at radius 1 is 1.33 bits per heavy atom. The molecule has 0 bridgehead atoms. The van der Waals surface area contributed by atoms with Gasteiger partial charge >= 0.3 is 0 Å². The van der Waals surface area contributed by atoms with Crippen LogP contribution in [0.4, 0.5) is 5.69 Å². The molecule has 1 aromatic heterocycles. The first-order chi connectivity index (χ1) is 11.4. The molecule has 1 fully saturated rings. The molecule has 128 valence electrons. The number of aryl methyl sites for hydroxylation is 1. The summed E-state index contributed by atoms with van der Waals surface area (Å²) >= 11 is 0. The summed E-state index contributed by atoms with van der Waals surface area (Å²) in [6, 6.07) is 6.25. The van der Waals surface area contributed by atoms with Gasteiger partial charge in [-0.3, -0.25) is 4.79 Å². The fourth-order valence-corrected chi connectivity index (χ4v) is 4.14. The summed E-state index contributed by atoms with van der Waals surface area (Å²) in [7, 11) is -3.51. The summed E-state index contributed by atoms with van der Waals surface area (Å²) in [6.07, 6.45) is 1.71. The normalized spacial score (nSPS) is 15.5. The molecule has 1 saturated heterocycles. The third-order valence-corrected chi connectivity index (χ3v) is 5.60. The average Bonchev–Trinajstić information content (AvgIpc) is 3.19. The van der Waals surface area contributed by atoms with Crippen LogP contribution in [0.15, 0.2) is 33.7 Å². The minimum Gasteiger partial charge on any atom is -0.340 e. The van der Waals surface area contributed by atoms with E-state index in [1.165, 1.54) is 16.4 Å². The lowest BCUT2D eigenvalue weighted by Crippen LogP contribution is -2.28. The van der Waals surface area contributed by atoms with Crippen LogP contribution in [-0.4, -0.2) is 41.9 Å². The number of anilines is 1. The Morgan fingerprint density at radius 3 is 2.75 bits per heavy atom. The largest absolute Gasteiger partial charge is 0.340 e. The molecular weight excluding hydrogens is 332 g/mol. The van der Waals surface area contributed by atoms with Crippen LogP contribution in [-0.2, 0) is 21.2 Å². The molecule has 1 aliphatic rings. The summed E-state index contributed by atoms with van der Waals surface area (Å²) in [5, 5.41) is 6.32. The molecule has 8 nitrogen and oxygen atoms in total. The molecule has 2 aromatic rings. The number of aromatic nitrogens is 2. The number of nitrogens with one attached hydrogen (secondary N) is 1. The SMILES string of the molecule is Cc1nc(CC(=O)Nc2cccc(S(=O)(=O)N3CCCC3)c2)no1. The van der Waals surface area contributed by atoms with E-state index in [0.717, 1.165) is 12.8 Å². The predicted octanol–water partition coefficient (Wildman–Crippen LogP) is 1.34. The summed E-state index contributed by atoms with van der Waals surface area (Å²) in [4.78, 5) is 16.2. The highest BCUT2D eigenvalue weighted by atomic mass is 32.2. The second kappa shape index (κ2) is 6.70. The fraction of sp³-hybridized carbons (Fsp3) is 0.400. The number of sulfonamides is 1. The lowest BCUT2D eigenvalue weighted by atomic mass is 10.3. The van der Waals surface area contributed by atoms with Crippen molar-refractivity contribution in [1.29, 1.82) is 0 Å². The summed E-state index contributed by atoms with van der Waals surface area (Å²) in [5.74, 6) is 0.328. The minimum absolute atomic E-state index is 0.0412. The first-order valence-electron chi connectivity index (χ1n) is 7.64. The molecule has 1 amide bonds. The van der Waals surface area contributed by atoms with E-state index in [4.69, 9.17) is 4.52 Å². The van der Waals surface area contributed by atoms with Crippen molar-refractivity contribution in [2.24, 2.45) is 0 Å². The lowest BCUT2D eigenvalue weighted by Gasteiger charge is -2.16. The van der Waals surface area contributed by atoms with Gasteiger partial charge in [-0.2, -0.15) is 9.29 Å². The van der Waals surface area contributed by atoms with Crippen LogP contribution in [0, 0.1) is 6.92 Å². The van der Waals surface area contributed by atoms with Gasteiger partial charge in [0.2, 0.25) is 21.8 Å². The van der Waals surface area contributed by atoms with Gasteiger partial charge in [0, 0.05) is 25.7 Å². The second-order valence-electron chi connectivity index (χ2n) is 5.59. The lowest BCUT2D eigenvalue weighted by molar-refractivity contribution is -0.115. The number of benzene rings is 1. The van der Waals surface area contributed by atoms with Gasteiger partial charge in [-0.25, -0.2) is 8.42 Å².